The number of para-hydroxylation sites is 1. The maximum absolute atomic E-state index is 12.7. The maximum atomic E-state index is 12.7. The van der Waals surface area contributed by atoms with E-state index in [1.165, 1.54) is 0 Å². The van der Waals surface area contributed by atoms with E-state index >= 15 is 0 Å². The first-order valence-electron chi connectivity index (χ1n) is 10.4. The fourth-order valence-electron chi connectivity index (χ4n) is 3.44. The van der Waals surface area contributed by atoms with Crippen LogP contribution < -0.4 is 10.7 Å². The molecule has 1 unspecified atom stereocenters. The van der Waals surface area contributed by atoms with Crippen molar-refractivity contribution in [2.45, 2.75) is 39.8 Å². The molecule has 3 aromatic rings. The molecule has 1 atom stereocenters. The summed E-state index contributed by atoms with van der Waals surface area (Å²) in [5.74, 6) is -0.914. The zero-order chi connectivity index (χ0) is 22.4. The Kier molecular flexibility index (Phi) is 7.47. The van der Waals surface area contributed by atoms with Crippen molar-refractivity contribution >= 4 is 40.5 Å². The Balaban J connectivity index is 1.72. The van der Waals surface area contributed by atoms with Gasteiger partial charge in [-0.1, -0.05) is 62.7 Å². The summed E-state index contributed by atoms with van der Waals surface area (Å²) in [5, 5.41) is 8.32. The molecule has 0 aliphatic carbocycles. The van der Waals surface area contributed by atoms with Gasteiger partial charge in [0.05, 0.1) is 16.8 Å². The monoisotopic (exact) mass is 438 g/mol. The van der Waals surface area contributed by atoms with Crippen LogP contribution >= 0.6 is 11.6 Å². The van der Waals surface area contributed by atoms with Crippen molar-refractivity contribution in [2.75, 3.05) is 0 Å². The average Bonchev–Trinajstić information content (AvgIpc) is 3.10. The SMILES string of the molecule is CCCn1cc(C=NNC(=O)C(NC(=O)c2ccccc2Cl)C(C)C)c2ccccc21. The van der Waals surface area contributed by atoms with E-state index in [1.807, 2.05) is 38.2 Å². The Morgan fingerprint density at radius 3 is 2.55 bits per heavy atom. The largest absolute Gasteiger partial charge is 0.347 e. The number of aromatic nitrogens is 1. The quantitative estimate of drug-likeness (QED) is 0.398. The number of aryl methyl sites for hydroxylation is 1. The van der Waals surface area contributed by atoms with E-state index in [0.717, 1.165) is 29.4 Å². The van der Waals surface area contributed by atoms with Gasteiger partial charge in [0.25, 0.3) is 11.8 Å². The average molecular weight is 439 g/mol. The van der Waals surface area contributed by atoms with Crippen molar-refractivity contribution in [3.8, 4) is 0 Å². The summed E-state index contributed by atoms with van der Waals surface area (Å²) in [5.41, 5.74) is 4.94. The molecule has 1 aromatic heterocycles. The van der Waals surface area contributed by atoms with E-state index in [1.54, 1.807) is 30.5 Å². The molecule has 0 aliphatic rings. The molecule has 2 amide bonds. The lowest BCUT2D eigenvalue weighted by Crippen LogP contribution is -2.48. The number of fused-ring (bicyclic) bond motifs is 1. The van der Waals surface area contributed by atoms with Gasteiger partial charge in [-0.3, -0.25) is 9.59 Å². The highest BCUT2D eigenvalue weighted by Crippen LogP contribution is 2.20. The van der Waals surface area contributed by atoms with Gasteiger partial charge in [0, 0.05) is 29.2 Å². The molecule has 2 aromatic carbocycles. The number of hydrazone groups is 1. The van der Waals surface area contributed by atoms with E-state index in [9.17, 15) is 9.59 Å². The molecule has 6 nitrogen and oxygen atoms in total. The van der Waals surface area contributed by atoms with Crippen molar-refractivity contribution in [2.24, 2.45) is 11.0 Å². The molecule has 3 rings (SSSR count). The van der Waals surface area contributed by atoms with Gasteiger partial charge in [-0.05, 0) is 30.5 Å². The minimum absolute atomic E-state index is 0.131. The van der Waals surface area contributed by atoms with Crippen LogP contribution in [0.25, 0.3) is 10.9 Å². The van der Waals surface area contributed by atoms with Crippen molar-refractivity contribution in [3.63, 3.8) is 0 Å². The molecule has 0 bridgehead atoms. The van der Waals surface area contributed by atoms with E-state index in [-0.39, 0.29) is 11.8 Å². The van der Waals surface area contributed by atoms with Gasteiger partial charge in [0.2, 0.25) is 0 Å². The zero-order valence-electron chi connectivity index (χ0n) is 17.9. The van der Waals surface area contributed by atoms with Crippen LogP contribution in [-0.4, -0.2) is 28.6 Å². The third-order valence-corrected chi connectivity index (χ3v) is 5.35. The van der Waals surface area contributed by atoms with Crippen molar-refractivity contribution in [3.05, 3.63) is 70.9 Å². The number of amides is 2. The summed E-state index contributed by atoms with van der Waals surface area (Å²) >= 11 is 6.10. The molecule has 0 saturated carbocycles. The Labute approximate surface area is 187 Å². The first-order valence-corrected chi connectivity index (χ1v) is 10.8. The number of halogens is 1. The van der Waals surface area contributed by atoms with Crippen molar-refractivity contribution in [1.29, 1.82) is 0 Å². The van der Waals surface area contributed by atoms with Gasteiger partial charge in [0.15, 0.2) is 0 Å². The number of carbonyl (C=O) groups excluding carboxylic acids is 2. The molecule has 162 valence electrons. The first kappa shape index (κ1) is 22.6. The number of hydrogen-bond acceptors (Lipinski definition) is 3. The molecule has 2 N–H and O–H groups in total. The van der Waals surface area contributed by atoms with Crippen LogP contribution in [-0.2, 0) is 11.3 Å². The number of carbonyl (C=O) groups is 2. The van der Waals surface area contributed by atoms with Crippen LogP contribution in [0.1, 0.15) is 43.1 Å². The zero-order valence-corrected chi connectivity index (χ0v) is 18.7. The Bertz CT molecular complexity index is 1100. The highest BCUT2D eigenvalue weighted by molar-refractivity contribution is 6.33. The molecule has 0 fully saturated rings. The fourth-order valence-corrected chi connectivity index (χ4v) is 3.66. The highest BCUT2D eigenvalue weighted by Gasteiger charge is 2.25. The molecule has 31 heavy (non-hydrogen) atoms. The van der Waals surface area contributed by atoms with Gasteiger partial charge >= 0.3 is 0 Å². The molecule has 0 saturated heterocycles. The lowest BCUT2D eigenvalue weighted by Gasteiger charge is -2.20. The predicted octanol–water partition coefficient (Wildman–Crippen LogP) is 4.61. The Morgan fingerprint density at radius 2 is 1.84 bits per heavy atom. The van der Waals surface area contributed by atoms with Crippen LogP contribution in [0, 0.1) is 5.92 Å². The third-order valence-electron chi connectivity index (χ3n) is 5.02. The molecule has 0 spiro atoms. The van der Waals surface area contributed by atoms with Crippen molar-refractivity contribution < 1.29 is 9.59 Å². The van der Waals surface area contributed by atoms with Gasteiger partial charge in [-0.15, -0.1) is 0 Å². The number of hydrogen-bond donors (Lipinski definition) is 2. The number of benzene rings is 2. The molecule has 1 heterocycles. The molecule has 0 radical (unpaired) electrons. The second-order valence-electron chi connectivity index (χ2n) is 7.70. The summed E-state index contributed by atoms with van der Waals surface area (Å²) in [6, 6.07) is 14.1. The number of nitrogens with zero attached hydrogens (tertiary/aromatic N) is 2. The van der Waals surface area contributed by atoms with Crippen LogP contribution in [0.3, 0.4) is 0 Å². The highest BCUT2D eigenvalue weighted by atomic mass is 35.5. The van der Waals surface area contributed by atoms with Gasteiger partial charge in [0.1, 0.15) is 6.04 Å². The summed E-state index contributed by atoms with van der Waals surface area (Å²) in [7, 11) is 0. The standard InChI is InChI=1S/C24H27ClN4O2/c1-4-13-29-15-17(18-9-6-8-12-21(18)29)14-26-28-24(31)22(16(2)3)27-23(30)19-10-5-7-11-20(19)25/h5-12,14-16,22H,4,13H2,1-3H3,(H,27,30)(H,28,31). The minimum atomic E-state index is -0.748. The normalized spacial score (nSPS) is 12.4. The molecular formula is C24H27ClN4O2. The van der Waals surface area contributed by atoms with Crippen LogP contribution in [0.4, 0.5) is 0 Å². The fraction of sp³-hybridized carbons (Fsp3) is 0.292. The summed E-state index contributed by atoms with van der Waals surface area (Å²) < 4.78 is 2.18. The van der Waals surface area contributed by atoms with E-state index in [2.05, 4.69) is 33.4 Å². The Hall–Kier alpha value is -3.12. The van der Waals surface area contributed by atoms with E-state index in [4.69, 9.17) is 11.6 Å². The number of nitrogens with one attached hydrogen (secondary N) is 2. The van der Waals surface area contributed by atoms with E-state index in [0.29, 0.717) is 10.6 Å². The second-order valence-corrected chi connectivity index (χ2v) is 8.11. The number of rotatable bonds is 8. The molecule has 0 aliphatic heterocycles. The Morgan fingerprint density at radius 1 is 1.13 bits per heavy atom. The third kappa shape index (κ3) is 5.33. The molecule has 7 heteroatoms. The summed E-state index contributed by atoms with van der Waals surface area (Å²) in [6.45, 7) is 6.76. The van der Waals surface area contributed by atoms with Gasteiger partial charge in [-0.25, -0.2) is 5.43 Å². The topological polar surface area (TPSA) is 75.5 Å². The minimum Gasteiger partial charge on any atom is -0.347 e. The summed E-state index contributed by atoms with van der Waals surface area (Å²) in [6.07, 6.45) is 4.69. The van der Waals surface area contributed by atoms with Crippen molar-refractivity contribution in [1.82, 2.24) is 15.3 Å². The lowest BCUT2D eigenvalue weighted by molar-refractivity contribution is -0.123. The van der Waals surface area contributed by atoms with Gasteiger partial charge < -0.3 is 9.88 Å². The predicted molar refractivity (Wildman–Crippen MR) is 126 cm³/mol. The lowest BCUT2D eigenvalue weighted by atomic mass is 10.0. The maximum Gasteiger partial charge on any atom is 0.262 e. The molecular weight excluding hydrogens is 412 g/mol. The second kappa shape index (κ2) is 10.3. The van der Waals surface area contributed by atoms with Crippen LogP contribution in [0.2, 0.25) is 5.02 Å². The van der Waals surface area contributed by atoms with E-state index < -0.39 is 11.9 Å². The summed E-state index contributed by atoms with van der Waals surface area (Å²) in [4.78, 5) is 25.3. The first-order chi connectivity index (χ1) is 14.9. The van der Waals surface area contributed by atoms with Crippen LogP contribution in [0.15, 0.2) is 59.8 Å². The smallest absolute Gasteiger partial charge is 0.262 e. The van der Waals surface area contributed by atoms with Crippen LogP contribution in [0.5, 0.6) is 0 Å². The van der Waals surface area contributed by atoms with Gasteiger partial charge in [-0.2, -0.15) is 5.10 Å².